The molecule has 180 valence electrons. The Labute approximate surface area is 202 Å². The molecule has 0 aliphatic rings. The van der Waals surface area contributed by atoms with Crippen LogP contribution >= 0.6 is 0 Å². The lowest BCUT2D eigenvalue weighted by Gasteiger charge is -2.09. The van der Waals surface area contributed by atoms with Crippen molar-refractivity contribution in [3.63, 3.8) is 0 Å². The lowest BCUT2D eigenvalue weighted by molar-refractivity contribution is -0.671. The van der Waals surface area contributed by atoms with Crippen LogP contribution in [0.5, 0.6) is 11.5 Å². The number of ether oxygens (including phenoxy) is 3. The van der Waals surface area contributed by atoms with Gasteiger partial charge >= 0.3 is 5.97 Å². The molecule has 34 heavy (non-hydrogen) atoms. The molecule has 0 spiro atoms. The Hall–Kier alpha value is -3.54. The molecule has 1 heterocycles. The van der Waals surface area contributed by atoms with Crippen molar-refractivity contribution in [3.05, 3.63) is 79.4 Å². The summed E-state index contributed by atoms with van der Waals surface area (Å²) in [4.78, 5) is 11.3. The zero-order valence-electron chi connectivity index (χ0n) is 20.2. The lowest BCUT2D eigenvalue weighted by Crippen LogP contribution is -2.23. The number of carbonyl (C=O) groups excluding carboxylic acids is 1. The quantitative estimate of drug-likeness (QED) is 0.144. The van der Waals surface area contributed by atoms with Gasteiger partial charge in [-0.25, -0.2) is 13.9 Å². The largest absolute Gasteiger partial charge is 0.494 e. The van der Waals surface area contributed by atoms with Crippen LogP contribution in [-0.2, 0) is 23.1 Å². The highest BCUT2D eigenvalue weighted by atomic mass is 16.6. The van der Waals surface area contributed by atoms with Crippen LogP contribution in [0.2, 0.25) is 0 Å². The maximum Gasteiger partial charge on any atom is 0.333 e. The maximum absolute atomic E-state index is 11.3. The van der Waals surface area contributed by atoms with E-state index in [9.17, 15) is 4.79 Å². The van der Waals surface area contributed by atoms with Gasteiger partial charge in [0.15, 0.2) is 0 Å². The van der Waals surface area contributed by atoms with Crippen molar-refractivity contribution < 1.29 is 23.6 Å². The molecular formula is C28H35N2O4+. The molecule has 6 nitrogen and oxygen atoms in total. The number of benzene rings is 2. The molecule has 6 heteroatoms. The molecule has 0 saturated heterocycles. The van der Waals surface area contributed by atoms with Crippen molar-refractivity contribution in [1.29, 1.82) is 0 Å². The van der Waals surface area contributed by atoms with Crippen LogP contribution in [0, 0.1) is 0 Å². The second-order valence-corrected chi connectivity index (χ2v) is 8.39. The van der Waals surface area contributed by atoms with E-state index in [0.717, 1.165) is 42.2 Å². The van der Waals surface area contributed by atoms with Crippen molar-refractivity contribution in [2.75, 3.05) is 19.8 Å². The fourth-order valence-electron chi connectivity index (χ4n) is 3.48. The first kappa shape index (κ1) is 25.1. The van der Waals surface area contributed by atoms with E-state index in [0.29, 0.717) is 12.2 Å². The summed E-state index contributed by atoms with van der Waals surface area (Å²) in [5.74, 6) is 1.23. The third-order valence-corrected chi connectivity index (χ3v) is 5.38. The van der Waals surface area contributed by atoms with Crippen molar-refractivity contribution in [2.45, 2.75) is 39.2 Å². The average molecular weight is 464 g/mol. The molecule has 0 bridgehead atoms. The molecule has 0 unspecified atom stereocenters. The van der Waals surface area contributed by atoms with E-state index < -0.39 is 5.97 Å². The van der Waals surface area contributed by atoms with Gasteiger partial charge in [0.05, 0.1) is 20.2 Å². The van der Waals surface area contributed by atoms with Gasteiger partial charge in [0.25, 0.3) is 0 Å². The second kappa shape index (κ2) is 13.2. The molecule has 0 amide bonds. The Balaban J connectivity index is 1.32. The van der Waals surface area contributed by atoms with Crippen LogP contribution in [-0.4, -0.2) is 30.4 Å². The number of aromatic nitrogens is 2. The van der Waals surface area contributed by atoms with Gasteiger partial charge in [-0.2, -0.15) is 0 Å². The number of rotatable bonds is 14. The number of imidazole rings is 1. The molecule has 2 aromatic carbocycles. The molecule has 0 fully saturated rings. The van der Waals surface area contributed by atoms with Crippen LogP contribution < -0.4 is 14.0 Å². The summed E-state index contributed by atoms with van der Waals surface area (Å²) in [6, 6.07) is 16.0. The fourth-order valence-corrected chi connectivity index (χ4v) is 3.48. The summed E-state index contributed by atoms with van der Waals surface area (Å²) in [5, 5.41) is 0. The fraction of sp³-hybridized carbons (Fsp3) is 0.357. The van der Waals surface area contributed by atoms with Gasteiger partial charge in [0, 0.05) is 5.57 Å². The highest BCUT2D eigenvalue weighted by Gasteiger charge is 2.04. The predicted octanol–water partition coefficient (Wildman–Crippen LogP) is 5.12. The van der Waals surface area contributed by atoms with Crippen molar-refractivity contribution in [1.82, 2.24) is 4.57 Å². The number of unbranched alkanes of at least 4 members (excludes halogenated alkanes) is 3. The zero-order valence-corrected chi connectivity index (χ0v) is 20.2. The average Bonchev–Trinajstić information content (AvgIpc) is 3.26. The first-order valence-electron chi connectivity index (χ1n) is 11.8. The second-order valence-electron chi connectivity index (χ2n) is 8.39. The van der Waals surface area contributed by atoms with E-state index in [-0.39, 0.29) is 6.61 Å². The van der Waals surface area contributed by atoms with E-state index >= 15 is 0 Å². The van der Waals surface area contributed by atoms with Crippen molar-refractivity contribution in [3.8, 4) is 22.6 Å². The Kier molecular flexibility index (Phi) is 9.77. The van der Waals surface area contributed by atoms with E-state index in [1.807, 2.05) is 43.4 Å². The third-order valence-electron chi connectivity index (χ3n) is 5.38. The molecule has 3 aromatic rings. The van der Waals surface area contributed by atoms with Gasteiger partial charge in [-0.05, 0) is 68.0 Å². The van der Waals surface area contributed by atoms with Gasteiger partial charge in [-0.15, -0.1) is 0 Å². The topological polar surface area (TPSA) is 53.6 Å². The number of hydrogen-bond donors (Lipinski definition) is 0. The number of hydrogen-bond acceptors (Lipinski definition) is 4. The minimum absolute atomic E-state index is 0.196. The van der Waals surface area contributed by atoms with E-state index in [1.165, 1.54) is 19.3 Å². The summed E-state index contributed by atoms with van der Waals surface area (Å²) in [5.41, 5.74) is 2.60. The molecule has 1 aromatic heterocycles. The Morgan fingerprint density at radius 3 is 2.00 bits per heavy atom. The van der Waals surface area contributed by atoms with Gasteiger partial charge in [-0.3, -0.25) is 0 Å². The molecule has 0 atom stereocenters. The van der Waals surface area contributed by atoms with Crippen LogP contribution in [0.4, 0.5) is 0 Å². The Morgan fingerprint density at radius 2 is 1.44 bits per heavy atom. The van der Waals surface area contributed by atoms with Gasteiger partial charge in [0.2, 0.25) is 6.33 Å². The summed E-state index contributed by atoms with van der Waals surface area (Å²) in [6.07, 6.45) is 10.9. The first-order chi connectivity index (χ1) is 16.5. The van der Waals surface area contributed by atoms with Gasteiger partial charge in [0.1, 0.15) is 37.1 Å². The summed E-state index contributed by atoms with van der Waals surface area (Å²) < 4.78 is 20.8. The molecule has 0 aliphatic carbocycles. The molecule has 0 N–H and O–H groups in total. The smallest absolute Gasteiger partial charge is 0.333 e. The van der Waals surface area contributed by atoms with E-state index in [4.69, 9.17) is 14.2 Å². The minimum Gasteiger partial charge on any atom is -0.494 e. The zero-order chi connectivity index (χ0) is 24.2. The maximum atomic E-state index is 11.3. The summed E-state index contributed by atoms with van der Waals surface area (Å²) in [7, 11) is 2.04. The van der Waals surface area contributed by atoms with Crippen molar-refractivity contribution >= 4 is 5.97 Å². The summed E-state index contributed by atoms with van der Waals surface area (Å²) >= 11 is 0. The van der Waals surface area contributed by atoms with Crippen LogP contribution in [0.1, 0.15) is 32.6 Å². The third kappa shape index (κ3) is 8.43. The molecule has 0 radical (unpaired) electrons. The number of nitrogens with zero attached hydrogens (tertiary/aromatic N) is 2. The Bertz CT molecular complexity index is 1040. The number of esters is 1. The molecule has 0 saturated carbocycles. The monoisotopic (exact) mass is 463 g/mol. The van der Waals surface area contributed by atoms with Crippen molar-refractivity contribution in [2.24, 2.45) is 7.05 Å². The predicted molar refractivity (Wildman–Crippen MR) is 133 cm³/mol. The molecular weight excluding hydrogens is 428 g/mol. The molecule has 0 aliphatic heterocycles. The summed E-state index contributed by atoms with van der Waals surface area (Å²) in [6.45, 7) is 7.48. The lowest BCUT2D eigenvalue weighted by atomic mass is 10.1. The van der Waals surface area contributed by atoms with Crippen LogP contribution in [0.15, 0.2) is 79.4 Å². The van der Waals surface area contributed by atoms with E-state index in [2.05, 4.69) is 46.6 Å². The molecule has 3 rings (SSSR count). The van der Waals surface area contributed by atoms with E-state index in [1.54, 1.807) is 6.92 Å². The van der Waals surface area contributed by atoms with Crippen LogP contribution in [0.25, 0.3) is 11.1 Å². The van der Waals surface area contributed by atoms with Crippen LogP contribution in [0.3, 0.4) is 0 Å². The highest BCUT2D eigenvalue weighted by molar-refractivity contribution is 5.86. The number of aryl methyl sites for hydroxylation is 2. The minimum atomic E-state index is -0.399. The Morgan fingerprint density at radius 1 is 0.853 bits per heavy atom. The standard InChI is InChI=1S/C28H35N2O4/c1-23(2)28(31)34-21-20-33-27-14-10-25(11-15-27)24-8-12-26(13-9-24)32-19-7-5-4-6-16-30-18-17-29(3)22-30/h8-15,17-18,22H,1,4-7,16,19-21H2,2-3H3/q+1. The van der Waals surface area contributed by atoms with Gasteiger partial charge < -0.3 is 14.2 Å². The normalized spacial score (nSPS) is 10.6. The highest BCUT2D eigenvalue weighted by Crippen LogP contribution is 2.25. The SMILES string of the molecule is C=C(C)C(=O)OCCOc1ccc(-c2ccc(OCCCCCCn3cc[n+](C)c3)cc2)cc1. The number of carbonyl (C=O) groups is 1. The first-order valence-corrected chi connectivity index (χ1v) is 11.8. The van der Waals surface area contributed by atoms with Gasteiger partial charge in [-0.1, -0.05) is 30.8 Å².